The summed E-state index contributed by atoms with van der Waals surface area (Å²) in [6.07, 6.45) is 3.11. The number of carbonyl (C=O) groups is 2. The molecule has 2 saturated carbocycles. The van der Waals surface area contributed by atoms with Crippen molar-refractivity contribution in [3.8, 4) is 0 Å². The normalized spacial score (nSPS) is 30.5. The van der Waals surface area contributed by atoms with Gasteiger partial charge in [-0.25, -0.2) is 0 Å². The van der Waals surface area contributed by atoms with Crippen molar-refractivity contribution in [2.75, 3.05) is 5.32 Å². The highest BCUT2D eigenvalue weighted by Crippen LogP contribution is 2.57. The van der Waals surface area contributed by atoms with Crippen molar-refractivity contribution < 1.29 is 19.2 Å². The van der Waals surface area contributed by atoms with Gasteiger partial charge in [-0.15, -0.1) is 0 Å². The molecule has 2 bridgehead atoms. The Kier molecular flexibility index (Phi) is 3.31. The lowest BCUT2D eigenvalue weighted by molar-refractivity contribution is -0.148. The molecule has 2 aliphatic rings. The average molecular weight is 290 g/mol. The topological polar surface area (TPSA) is 92.4 Å². The summed E-state index contributed by atoms with van der Waals surface area (Å²) in [6.45, 7) is 3.99. The Bertz CT molecular complexity index is 601. The summed E-state index contributed by atoms with van der Waals surface area (Å²) < 4.78 is 4.68. The van der Waals surface area contributed by atoms with Crippen LogP contribution in [0.5, 0.6) is 0 Å². The molecule has 4 atom stereocenters. The van der Waals surface area contributed by atoms with Crippen molar-refractivity contribution >= 4 is 17.7 Å². The van der Waals surface area contributed by atoms with E-state index in [1.165, 1.54) is 11.8 Å². The van der Waals surface area contributed by atoms with E-state index in [-0.39, 0.29) is 17.7 Å². The Morgan fingerprint density at radius 3 is 2.48 bits per heavy atom. The number of carbonyl (C=O) groups excluding carboxylic acids is 1. The third-order valence-corrected chi connectivity index (χ3v) is 4.70. The van der Waals surface area contributed by atoms with Gasteiger partial charge in [0.05, 0.1) is 11.8 Å². The first-order valence-electron chi connectivity index (χ1n) is 7.12. The maximum absolute atomic E-state index is 12.5. The van der Waals surface area contributed by atoms with Gasteiger partial charge in [0.2, 0.25) is 5.91 Å². The zero-order valence-corrected chi connectivity index (χ0v) is 12.0. The first kappa shape index (κ1) is 13.9. The Morgan fingerprint density at radius 2 is 1.95 bits per heavy atom. The van der Waals surface area contributed by atoms with Crippen molar-refractivity contribution in [2.24, 2.45) is 23.7 Å². The molecule has 0 radical (unpaired) electrons. The number of amides is 1. The van der Waals surface area contributed by atoms with E-state index in [2.05, 4.69) is 15.0 Å². The smallest absolute Gasteiger partial charge is 0.307 e. The van der Waals surface area contributed by atoms with Crippen molar-refractivity contribution in [3.05, 3.63) is 23.5 Å². The molecule has 2 aliphatic carbocycles. The highest BCUT2D eigenvalue weighted by atomic mass is 16.5. The van der Waals surface area contributed by atoms with Gasteiger partial charge >= 0.3 is 5.97 Å². The fourth-order valence-electron chi connectivity index (χ4n) is 4.09. The number of aromatic nitrogens is 1. The summed E-state index contributed by atoms with van der Waals surface area (Å²) in [6, 6.07) is 1.54. The minimum Gasteiger partial charge on any atom is -0.481 e. The number of allylic oxidation sites excluding steroid dienone is 2. The number of anilines is 1. The molecule has 2 N–H and O–H groups in total. The standard InChI is InChI=1S/C15H18N2O4/c1-7(2)11-8-3-4-9(11)13(15(19)20)12(8)14(18)16-10-5-6-21-17-10/h5-6,8-9,12-13H,3-4H2,1-2H3,(H,19,20)(H,16,17,18). The first-order chi connectivity index (χ1) is 10.0. The number of fused-ring (bicyclic) bond motifs is 2. The van der Waals surface area contributed by atoms with Crippen molar-refractivity contribution in [1.29, 1.82) is 0 Å². The SMILES string of the molecule is CC(C)=C1C2CCC1C(C(=O)Nc1ccon1)C2C(=O)O. The predicted octanol–water partition coefficient (Wildman–Crippen LogP) is 2.31. The maximum Gasteiger partial charge on any atom is 0.307 e. The molecule has 1 aromatic heterocycles. The first-order valence-corrected chi connectivity index (χ1v) is 7.12. The maximum atomic E-state index is 12.5. The van der Waals surface area contributed by atoms with E-state index in [9.17, 15) is 14.7 Å². The average Bonchev–Trinajstić information content (AvgIpc) is 3.11. The van der Waals surface area contributed by atoms with Gasteiger partial charge in [0.25, 0.3) is 0 Å². The van der Waals surface area contributed by atoms with E-state index in [0.717, 1.165) is 18.4 Å². The Balaban J connectivity index is 1.91. The number of carboxylic acid groups (broad SMARTS) is 1. The number of rotatable bonds is 3. The van der Waals surface area contributed by atoms with Crippen LogP contribution in [0.15, 0.2) is 28.0 Å². The monoisotopic (exact) mass is 290 g/mol. The van der Waals surface area contributed by atoms with E-state index in [0.29, 0.717) is 5.82 Å². The van der Waals surface area contributed by atoms with E-state index in [1.807, 2.05) is 13.8 Å². The van der Waals surface area contributed by atoms with Crippen molar-refractivity contribution in [1.82, 2.24) is 5.16 Å². The lowest BCUT2D eigenvalue weighted by Crippen LogP contribution is -2.37. The molecule has 112 valence electrons. The number of aliphatic carboxylic acids is 1. The molecule has 6 heteroatoms. The molecule has 0 aromatic carbocycles. The van der Waals surface area contributed by atoms with Crippen LogP contribution in [0.4, 0.5) is 5.82 Å². The lowest BCUT2D eigenvalue weighted by atomic mass is 9.79. The molecule has 1 amide bonds. The minimum atomic E-state index is -0.888. The second-order valence-electron chi connectivity index (χ2n) is 6.01. The van der Waals surface area contributed by atoms with Crippen LogP contribution < -0.4 is 5.32 Å². The highest BCUT2D eigenvalue weighted by Gasteiger charge is 2.57. The molecular formula is C15H18N2O4. The van der Waals surface area contributed by atoms with Gasteiger partial charge < -0.3 is 14.9 Å². The summed E-state index contributed by atoms with van der Waals surface area (Å²) >= 11 is 0. The fraction of sp³-hybridized carbons (Fsp3) is 0.533. The third-order valence-electron chi connectivity index (χ3n) is 4.70. The molecule has 0 aliphatic heterocycles. The molecule has 21 heavy (non-hydrogen) atoms. The van der Waals surface area contributed by atoms with E-state index in [1.54, 1.807) is 6.07 Å². The highest BCUT2D eigenvalue weighted by molar-refractivity contribution is 5.96. The summed E-state index contributed by atoms with van der Waals surface area (Å²) in [7, 11) is 0. The Hall–Kier alpha value is -2.11. The van der Waals surface area contributed by atoms with Crippen LogP contribution in [0, 0.1) is 23.7 Å². The van der Waals surface area contributed by atoms with Gasteiger partial charge in [0.1, 0.15) is 6.26 Å². The summed E-state index contributed by atoms with van der Waals surface area (Å²) in [5.74, 6) is -1.98. The zero-order chi connectivity index (χ0) is 15.1. The molecule has 4 unspecified atom stereocenters. The van der Waals surface area contributed by atoms with Crippen LogP contribution in [0.1, 0.15) is 26.7 Å². The number of hydrogen-bond acceptors (Lipinski definition) is 4. The lowest BCUT2D eigenvalue weighted by Gasteiger charge is -2.25. The molecule has 1 heterocycles. The van der Waals surface area contributed by atoms with Gasteiger partial charge in [-0.05, 0) is 38.5 Å². The van der Waals surface area contributed by atoms with Gasteiger partial charge in [-0.3, -0.25) is 9.59 Å². The third kappa shape index (κ3) is 2.14. The second-order valence-corrected chi connectivity index (χ2v) is 6.01. The number of carboxylic acids is 1. The largest absolute Gasteiger partial charge is 0.481 e. The number of nitrogens with one attached hydrogen (secondary N) is 1. The van der Waals surface area contributed by atoms with Crippen LogP contribution >= 0.6 is 0 Å². The number of nitrogens with zero attached hydrogens (tertiary/aromatic N) is 1. The molecule has 2 fully saturated rings. The summed E-state index contributed by atoms with van der Waals surface area (Å²) in [4.78, 5) is 24.1. The van der Waals surface area contributed by atoms with Gasteiger partial charge in [-0.2, -0.15) is 0 Å². The fourth-order valence-corrected chi connectivity index (χ4v) is 4.09. The van der Waals surface area contributed by atoms with Crippen LogP contribution in [0.3, 0.4) is 0 Å². The van der Waals surface area contributed by atoms with Gasteiger partial charge in [-0.1, -0.05) is 16.3 Å². The molecular weight excluding hydrogens is 272 g/mol. The zero-order valence-electron chi connectivity index (χ0n) is 12.0. The second kappa shape index (κ2) is 5.02. The van der Waals surface area contributed by atoms with Crippen LogP contribution in [0.2, 0.25) is 0 Å². The van der Waals surface area contributed by atoms with Crippen molar-refractivity contribution in [3.63, 3.8) is 0 Å². The van der Waals surface area contributed by atoms with E-state index < -0.39 is 17.8 Å². The Labute approximate surface area is 122 Å². The van der Waals surface area contributed by atoms with Crippen molar-refractivity contribution in [2.45, 2.75) is 26.7 Å². The summed E-state index contributed by atoms with van der Waals surface area (Å²) in [5, 5.41) is 15.9. The summed E-state index contributed by atoms with van der Waals surface area (Å²) in [5.41, 5.74) is 2.31. The molecule has 6 nitrogen and oxygen atoms in total. The predicted molar refractivity (Wildman–Crippen MR) is 74.3 cm³/mol. The van der Waals surface area contributed by atoms with Crippen LogP contribution in [-0.4, -0.2) is 22.1 Å². The van der Waals surface area contributed by atoms with E-state index >= 15 is 0 Å². The molecule has 0 saturated heterocycles. The molecule has 0 spiro atoms. The van der Waals surface area contributed by atoms with Gasteiger partial charge in [0.15, 0.2) is 5.82 Å². The number of hydrogen-bond donors (Lipinski definition) is 2. The van der Waals surface area contributed by atoms with Gasteiger partial charge in [0, 0.05) is 6.07 Å². The van der Waals surface area contributed by atoms with Crippen LogP contribution in [0.25, 0.3) is 0 Å². The molecule has 1 aromatic rings. The van der Waals surface area contributed by atoms with E-state index in [4.69, 9.17) is 0 Å². The Morgan fingerprint density at radius 1 is 1.29 bits per heavy atom. The molecule has 3 rings (SSSR count). The van der Waals surface area contributed by atoms with Crippen LogP contribution in [-0.2, 0) is 9.59 Å². The quantitative estimate of drug-likeness (QED) is 0.833. The minimum absolute atomic E-state index is 0.00874.